The second kappa shape index (κ2) is 8.18. The largest absolute Gasteiger partial charge is 0.223 e. The number of rotatable bonds is 6. The Hall–Kier alpha value is -1.55. The Kier molecular flexibility index (Phi) is 6.30. The summed E-state index contributed by atoms with van der Waals surface area (Å²) < 4.78 is 65.7. The monoisotopic (exact) mass is 489 g/mol. The maximum Gasteiger partial charge on any atom is 0.207 e. The molecule has 0 fully saturated rings. The topological polar surface area (TPSA) is 81.2 Å². The molecule has 0 aliphatic heterocycles. The van der Waals surface area contributed by atoms with E-state index in [2.05, 4.69) is 4.98 Å². The average molecular weight is 490 g/mol. The summed E-state index contributed by atoms with van der Waals surface area (Å²) in [6.07, 6.45) is 4.53. The molecule has 1 atom stereocenters. The van der Waals surface area contributed by atoms with Crippen molar-refractivity contribution in [1.29, 1.82) is 0 Å². The minimum atomic E-state index is -4.23. The summed E-state index contributed by atoms with van der Waals surface area (Å²) in [6, 6.07) is 5.72. The van der Waals surface area contributed by atoms with Gasteiger partial charge in [0.05, 0.1) is 10.5 Å². The number of hydrogen-bond acceptors (Lipinski definition) is 6. The number of allylic oxidation sites excluding steroid dienone is 3. The molecule has 2 aromatic rings. The third-order valence-electron chi connectivity index (χ3n) is 4.67. The molecule has 0 amide bonds. The Morgan fingerprint density at radius 2 is 1.90 bits per heavy atom. The van der Waals surface area contributed by atoms with Crippen LogP contribution in [0.5, 0.6) is 0 Å². The van der Waals surface area contributed by atoms with E-state index in [0.29, 0.717) is 16.4 Å². The van der Waals surface area contributed by atoms with Crippen molar-refractivity contribution >= 4 is 42.6 Å². The van der Waals surface area contributed by atoms with E-state index in [1.807, 2.05) is 0 Å². The molecule has 30 heavy (non-hydrogen) atoms. The van der Waals surface area contributed by atoms with Gasteiger partial charge in [0.2, 0.25) is 9.84 Å². The van der Waals surface area contributed by atoms with Gasteiger partial charge >= 0.3 is 0 Å². The van der Waals surface area contributed by atoms with Crippen molar-refractivity contribution in [3.8, 4) is 10.6 Å². The number of nitrogens with zero attached hydrogens (tertiary/aromatic N) is 1. The fraction of sp³-hybridized carbons (Fsp3) is 0.350. The Morgan fingerprint density at radius 1 is 1.23 bits per heavy atom. The molecule has 1 heterocycles. The van der Waals surface area contributed by atoms with Gasteiger partial charge in [-0.15, -0.1) is 11.3 Å². The molecular weight excluding hydrogens is 469 g/mol. The van der Waals surface area contributed by atoms with Gasteiger partial charge in [0.25, 0.3) is 0 Å². The standard InChI is InChI=1S/C20H21ClFNO4S3/c1-13(2)12-29(24,25)19-18(23-17(28-19)15-6-4-5-7-16(15)22)30(26,27)20(3)10-8-14(21)9-11-20/h4-10,13H,11-12H2,1-3H3. The van der Waals surface area contributed by atoms with Crippen molar-refractivity contribution in [3.05, 3.63) is 53.3 Å². The molecule has 162 valence electrons. The first-order valence-electron chi connectivity index (χ1n) is 9.15. The first-order chi connectivity index (χ1) is 13.9. The fourth-order valence-electron chi connectivity index (χ4n) is 3.04. The van der Waals surface area contributed by atoms with Gasteiger partial charge in [0.15, 0.2) is 19.1 Å². The summed E-state index contributed by atoms with van der Waals surface area (Å²) in [4.78, 5) is 4.15. The van der Waals surface area contributed by atoms with E-state index in [0.717, 1.165) is 0 Å². The summed E-state index contributed by atoms with van der Waals surface area (Å²) in [6.45, 7) is 4.94. The molecule has 0 radical (unpaired) electrons. The predicted octanol–water partition coefficient (Wildman–Crippen LogP) is 4.99. The summed E-state index contributed by atoms with van der Waals surface area (Å²) in [5, 5.41) is -0.128. The highest BCUT2D eigenvalue weighted by Gasteiger charge is 2.44. The average Bonchev–Trinajstić information content (AvgIpc) is 3.10. The van der Waals surface area contributed by atoms with Gasteiger partial charge in [-0.05, 0) is 37.5 Å². The smallest absolute Gasteiger partial charge is 0.207 e. The number of hydrogen-bond donors (Lipinski definition) is 0. The van der Waals surface area contributed by atoms with Crippen LogP contribution in [0.15, 0.2) is 56.8 Å². The molecule has 1 aliphatic rings. The molecule has 0 bridgehead atoms. The van der Waals surface area contributed by atoms with Crippen LogP contribution in [0.1, 0.15) is 27.2 Å². The maximum absolute atomic E-state index is 14.3. The molecule has 5 nitrogen and oxygen atoms in total. The van der Waals surface area contributed by atoms with Crippen LogP contribution in [0.2, 0.25) is 0 Å². The number of benzene rings is 1. The fourth-order valence-corrected chi connectivity index (χ4v) is 8.83. The molecule has 0 saturated heterocycles. The normalized spacial score (nSPS) is 19.9. The van der Waals surface area contributed by atoms with E-state index in [-0.39, 0.29) is 32.9 Å². The Bertz CT molecular complexity index is 1250. The second-order valence-electron chi connectivity index (χ2n) is 7.71. The van der Waals surface area contributed by atoms with Gasteiger partial charge in [0, 0.05) is 10.6 Å². The third-order valence-corrected chi connectivity index (χ3v) is 11.3. The lowest BCUT2D eigenvalue weighted by Crippen LogP contribution is -2.35. The SMILES string of the molecule is CC(C)CS(=O)(=O)c1sc(-c2ccccc2F)nc1S(=O)(=O)C1(C)C=CC(Cl)=CC1. The van der Waals surface area contributed by atoms with Crippen molar-refractivity contribution in [3.63, 3.8) is 0 Å². The maximum atomic E-state index is 14.3. The summed E-state index contributed by atoms with van der Waals surface area (Å²) in [5.41, 5.74) is 0.0530. The number of halogens is 2. The van der Waals surface area contributed by atoms with Gasteiger partial charge in [-0.25, -0.2) is 26.2 Å². The molecule has 0 saturated carbocycles. The molecule has 0 spiro atoms. The molecule has 0 N–H and O–H groups in total. The molecule has 1 aromatic carbocycles. The number of sulfone groups is 2. The summed E-state index contributed by atoms with van der Waals surface area (Å²) in [5.74, 6) is -1.08. The highest BCUT2D eigenvalue weighted by atomic mass is 35.5. The van der Waals surface area contributed by atoms with Crippen LogP contribution in [-0.4, -0.2) is 32.3 Å². The zero-order valence-electron chi connectivity index (χ0n) is 16.6. The van der Waals surface area contributed by atoms with Crippen LogP contribution in [-0.2, 0) is 19.7 Å². The van der Waals surface area contributed by atoms with E-state index in [1.165, 1.54) is 37.3 Å². The number of aromatic nitrogens is 1. The van der Waals surface area contributed by atoms with Crippen molar-refractivity contribution < 1.29 is 21.2 Å². The molecule has 1 aromatic heterocycles. The van der Waals surface area contributed by atoms with E-state index >= 15 is 0 Å². The molecular formula is C20H21ClFNO4S3. The first-order valence-corrected chi connectivity index (χ1v) is 13.5. The molecule has 3 rings (SSSR count). The summed E-state index contributed by atoms with van der Waals surface area (Å²) in [7, 11) is -8.19. The second-order valence-corrected chi connectivity index (χ2v) is 13.7. The van der Waals surface area contributed by atoms with Crippen LogP contribution in [0.4, 0.5) is 4.39 Å². The van der Waals surface area contributed by atoms with Crippen molar-refractivity contribution in [2.75, 3.05) is 5.75 Å². The zero-order valence-corrected chi connectivity index (χ0v) is 19.8. The van der Waals surface area contributed by atoms with Crippen molar-refractivity contribution in [1.82, 2.24) is 4.98 Å². The first kappa shape index (κ1) is 23.1. The lowest BCUT2D eigenvalue weighted by molar-refractivity contribution is 0.552. The van der Waals surface area contributed by atoms with Crippen molar-refractivity contribution in [2.24, 2.45) is 5.92 Å². The lowest BCUT2D eigenvalue weighted by atomic mass is 10.0. The van der Waals surface area contributed by atoms with Gasteiger partial charge in [-0.1, -0.05) is 49.7 Å². The highest BCUT2D eigenvalue weighted by Crippen LogP contribution is 2.41. The van der Waals surface area contributed by atoms with Crippen LogP contribution in [0.25, 0.3) is 10.6 Å². The Labute approximate surface area is 185 Å². The zero-order chi connectivity index (χ0) is 22.3. The Morgan fingerprint density at radius 3 is 2.47 bits per heavy atom. The third kappa shape index (κ3) is 4.26. The minimum Gasteiger partial charge on any atom is -0.223 e. The van der Waals surface area contributed by atoms with Gasteiger partial charge in [-0.3, -0.25) is 0 Å². The van der Waals surface area contributed by atoms with E-state index in [9.17, 15) is 21.2 Å². The minimum absolute atomic E-state index is 0.00553. The van der Waals surface area contributed by atoms with E-state index in [1.54, 1.807) is 26.0 Å². The molecule has 1 unspecified atom stereocenters. The Balaban J connectivity index is 2.25. The highest BCUT2D eigenvalue weighted by molar-refractivity contribution is 7.96. The quantitative estimate of drug-likeness (QED) is 0.570. The number of thiazole rings is 1. The summed E-state index contributed by atoms with van der Waals surface area (Å²) >= 11 is 6.61. The van der Waals surface area contributed by atoms with E-state index < -0.39 is 35.3 Å². The van der Waals surface area contributed by atoms with Crippen molar-refractivity contribution in [2.45, 2.75) is 41.2 Å². The van der Waals surface area contributed by atoms with Gasteiger partial charge < -0.3 is 0 Å². The molecule has 1 aliphatic carbocycles. The van der Waals surface area contributed by atoms with Gasteiger partial charge in [0.1, 0.15) is 10.8 Å². The predicted molar refractivity (Wildman–Crippen MR) is 118 cm³/mol. The lowest BCUT2D eigenvalue weighted by Gasteiger charge is -2.26. The van der Waals surface area contributed by atoms with Crippen LogP contribution >= 0.6 is 22.9 Å². The van der Waals surface area contributed by atoms with Crippen LogP contribution in [0.3, 0.4) is 0 Å². The van der Waals surface area contributed by atoms with Gasteiger partial charge in [-0.2, -0.15) is 0 Å². The van der Waals surface area contributed by atoms with E-state index in [4.69, 9.17) is 11.6 Å². The van der Waals surface area contributed by atoms with Crippen LogP contribution in [0, 0.1) is 11.7 Å². The van der Waals surface area contributed by atoms with Crippen LogP contribution < -0.4 is 0 Å². The molecule has 10 heteroatoms.